The van der Waals surface area contributed by atoms with Gasteiger partial charge in [-0.15, -0.1) is 0 Å². The first-order valence-corrected chi connectivity index (χ1v) is 8.81. The van der Waals surface area contributed by atoms with E-state index in [1.54, 1.807) is 6.92 Å². The third kappa shape index (κ3) is 4.74. The molecular formula is C15H21NO4S. The maximum Gasteiger partial charge on any atom is 0.223 e. The number of benzene rings is 1. The van der Waals surface area contributed by atoms with E-state index in [0.29, 0.717) is 6.42 Å². The molecule has 0 spiro atoms. The molecule has 1 N–H and O–H groups in total. The summed E-state index contributed by atoms with van der Waals surface area (Å²) in [5.74, 6) is 0.707. The van der Waals surface area contributed by atoms with Gasteiger partial charge in [0.1, 0.15) is 5.75 Å². The summed E-state index contributed by atoms with van der Waals surface area (Å²) >= 11 is 0. The monoisotopic (exact) mass is 311 g/mol. The Morgan fingerprint density at radius 3 is 2.57 bits per heavy atom. The van der Waals surface area contributed by atoms with Crippen LogP contribution in [0.3, 0.4) is 0 Å². The maximum atomic E-state index is 11.9. The molecule has 1 atom stereocenters. The Morgan fingerprint density at radius 1 is 1.33 bits per heavy atom. The van der Waals surface area contributed by atoms with Crippen LogP contribution in [0.2, 0.25) is 0 Å². The SMILES string of the molecule is Cc1ccc(OCCC(=O)NC2(C)CCS(=O)(=O)C2)cc1. The van der Waals surface area contributed by atoms with Crippen LogP contribution in [0.1, 0.15) is 25.3 Å². The number of sulfone groups is 1. The molecule has 2 rings (SSSR count). The van der Waals surface area contributed by atoms with Gasteiger partial charge in [-0.1, -0.05) is 17.7 Å². The van der Waals surface area contributed by atoms with Gasteiger partial charge in [0.2, 0.25) is 5.91 Å². The third-order valence-electron chi connectivity index (χ3n) is 3.56. The van der Waals surface area contributed by atoms with Crippen molar-refractivity contribution >= 4 is 15.7 Å². The Balaban J connectivity index is 1.76. The normalized spacial score (nSPS) is 23.7. The van der Waals surface area contributed by atoms with E-state index in [0.717, 1.165) is 11.3 Å². The number of nitrogens with one attached hydrogen (secondary N) is 1. The van der Waals surface area contributed by atoms with Crippen molar-refractivity contribution in [3.05, 3.63) is 29.8 Å². The van der Waals surface area contributed by atoms with Gasteiger partial charge in [0.15, 0.2) is 9.84 Å². The topological polar surface area (TPSA) is 72.5 Å². The summed E-state index contributed by atoms with van der Waals surface area (Å²) in [6.45, 7) is 4.04. The first-order chi connectivity index (χ1) is 9.78. The van der Waals surface area contributed by atoms with Crippen LogP contribution in [0.15, 0.2) is 24.3 Å². The van der Waals surface area contributed by atoms with Crippen molar-refractivity contribution in [3.63, 3.8) is 0 Å². The summed E-state index contributed by atoms with van der Waals surface area (Å²) in [5, 5.41) is 2.81. The first-order valence-electron chi connectivity index (χ1n) is 6.99. The van der Waals surface area contributed by atoms with E-state index in [1.807, 2.05) is 31.2 Å². The molecule has 1 amide bonds. The lowest BCUT2D eigenvalue weighted by atomic mass is 10.0. The van der Waals surface area contributed by atoms with Crippen molar-refractivity contribution in [1.29, 1.82) is 0 Å². The van der Waals surface area contributed by atoms with E-state index in [4.69, 9.17) is 4.74 Å². The zero-order valence-corrected chi connectivity index (χ0v) is 13.2. The van der Waals surface area contributed by atoms with Crippen molar-refractivity contribution in [2.75, 3.05) is 18.1 Å². The maximum absolute atomic E-state index is 11.9. The Kier molecular flexibility index (Phi) is 4.56. The smallest absolute Gasteiger partial charge is 0.223 e. The van der Waals surface area contributed by atoms with Gasteiger partial charge in [0.05, 0.1) is 30.1 Å². The highest BCUT2D eigenvalue weighted by atomic mass is 32.2. The van der Waals surface area contributed by atoms with Crippen molar-refractivity contribution in [3.8, 4) is 5.75 Å². The van der Waals surface area contributed by atoms with Gasteiger partial charge >= 0.3 is 0 Å². The predicted molar refractivity (Wildman–Crippen MR) is 81.1 cm³/mol. The van der Waals surface area contributed by atoms with Crippen molar-refractivity contribution in [2.24, 2.45) is 0 Å². The van der Waals surface area contributed by atoms with E-state index in [-0.39, 0.29) is 30.4 Å². The first kappa shape index (κ1) is 15.8. The molecule has 0 aliphatic carbocycles. The van der Waals surface area contributed by atoms with Crippen LogP contribution in [-0.2, 0) is 14.6 Å². The molecule has 1 unspecified atom stereocenters. The molecular weight excluding hydrogens is 290 g/mol. The molecule has 0 saturated carbocycles. The van der Waals surface area contributed by atoms with Crippen molar-refractivity contribution in [2.45, 2.75) is 32.2 Å². The Bertz CT molecular complexity index is 609. The van der Waals surface area contributed by atoms with Gasteiger partial charge < -0.3 is 10.1 Å². The Labute approximate surface area is 125 Å². The summed E-state index contributed by atoms with van der Waals surface area (Å²) < 4.78 is 28.4. The highest BCUT2D eigenvalue weighted by molar-refractivity contribution is 7.91. The average Bonchev–Trinajstić information content (AvgIpc) is 2.65. The largest absolute Gasteiger partial charge is 0.493 e. The molecule has 0 bridgehead atoms. The van der Waals surface area contributed by atoms with Gasteiger partial charge in [0.25, 0.3) is 0 Å². The second-order valence-corrected chi connectivity index (χ2v) is 8.05. The number of ether oxygens (including phenoxy) is 1. The number of carbonyl (C=O) groups excluding carboxylic acids is 1. The fourth-order valence-electron chi connectivity index (χ4n) is 2.40. The fourth-order valence-corrected chi connectivity index (χ4v) is 4.50. The molecule has 1 aliphatic heterocycles. The van der Waals surface area contributed by atoms with Gasteiger partial charge in [-0.3, -0.25) is 4.79 Å². The molecule has 1 aliphatic rings. The minimum atomic E-state index is -3.01. The Morgan fingerprint density at radius 2 is 2.00 bits per heavy atom. The average molecular weight is 311 g/mol. The molecule has 5 nitrogen and oxygen atoms in total. The zero-order chi connectivity index (χ0) is 15.5. The number of carbonyl (C=O) groups is 1. The molecule has 6 heteroatoms. The molecule has 116 valence electrons. The van der Waals surface area contributed by atoms with Crippen molar-refractivity contribution < 1.29 is 17.9 Å². The molecule has 1 fully saturated rings. The van der Waals surface area contributed by atoms with Crippen LogP contribution in [-0.4, -0.2) is 38.0 Å². The molecule has 1 aromatic carbocycles. The number of aryl methyl sites for hydroxylation is 1. The second kappa shape index (κ2) is 6.05. The van der Waals surface area contributed by atoms with Crippen LogP contribution in [0, 0.1) is 6.92 Å². The lowest BCUT2D eigenvalue weighted by Gasteiger charge is -2.23. The highest BCUT2D eigenvalue weighted by Crippen LogP contribution is 2.22. The summed E-state index contributed by atoms with van der Waals surface area (Å²) in [5.41, 5.74) is 0.509. The predicted octanol–water partition coefficient (Wildman–Crippen LogP) is 1.46. The molecule has 1 heterocycles. The van der Waals surface area contributed by atoms with Crippen LogP contribution in [0.4, 0.5) is 0 Å². The van der Waals surface area contributed by atoms with E-state index >= 15 is 0 Å². The summed E-state index contributed by atoms with van der Waals surface area (Å²) in [6.07, 6.45) is 0.684. The lowest BCUT2D eigenvalue weighted by molar-refractivity contribution is -0.123. The van der Waals surface area contributed by atoms with Crippen molar-refractivity contribution in [1.82, 2.24) is 5.32 Å². The summed E-state index contributed by atoms with van der Waals surface area (Å²) in [7, 11) is -3.01. The molecule has 1 aromatic rings. The fraction of sp³-hybridized carbons (Fsp3) is 0.533. The van der Waals surface area contributed by atoms with Crippen LogP contribution >= 0.6 is 0 Å². The van der Waals surface area contributed by atoms with Gasteiger partial charge in [-0.2, -0.15) is 0 Å². The molecule has 1 saturated heterocycles. The summed E-state index contributed by atoms with van der Waals surface area (Å²) in [4.78, 5) is 11.9. The quantitative estimate of drug-likeness (QED) is 0.893. The van der Waals surface area contributed by atoms with Gasteiger partial charge in [-0.05, 0) is 32.4 Å². The summed E-state index contributed by atoms with van der Waals surface area (Å²) in [6, 6.07) is 7.61. The molecule has 0 aromatic heterocycles. The number of rotatable bonds is 5. The number of hydrogen-bond acceptors (Lipinski definition) is 4. The number of amides is 1. The zero-order valence-electron chi connectivity index (χ0n) is 12.4. The standard InChI is InChI=1S/C15H21NO4S/c1-12-3-5-13(6-4-12)20-9-7-14(17)16-15(2)8-10-21(18,19)11-15/h3-6H,7-11H2,1-2H3,(H,16,17). The van der Waals surface area contributed by atoms with E-state index in [2.05, 4.69) is 5.32 Å². The van der Waals surface area contributed by atoms with Crippen LogP contribution in [0.25, 0.3) is 0 Å². The minimum Gasteiger partial charge on any atom is -0.493 e. The van der Waals surface area contributed by atoms with Gasteiger partial charge in [-0.25, -0.2) is 8.42 Å². The second-order valence-electron chi connectivity index (χ2n) is 5.86. The van der Waals surface area contributed by atoms with E-state index in [1.165, 1.54) is 0 Å². The molecule has 0 radical (unpaired) electrons. The Hall–Kier alpha value is -1.56. The van der Waals surface area contributed by atoms with Crippen LogP contribution in [0.5, 0.6) is 5.75 Å². The van der Waals surface area contributed by atoms with E-state index < -0.39 is 15.4 Å². The highest BCUT2D eigenvalue weighted by Gasteiger charge is 2.39. The lowest BCUT2D eigenvalue weighted by Crippen LogP contribution is -2.47. The van der Waals surface area contributed by atoms with Gasteiger partial charge in [0, 0.05) is 0 Å². The third-order valence-corrected chi connectivity index (χ3v) is 5.47. The minimum absolute atomic E-state index is 0.0184. The van der Waals surface area contributed by atoms with Crippen LogP contribution < -0.4 is 10.1 Å². The number of hydrogen-bond donors (Lipinski definition) is 1. The molecule has 21 heavy (non-hydrogen) atoms. The van der Waals surface area contributed by atoms with E-state index in [9.17, 15) is 13.2 Å².